The van der Waals surface area contributed by atoms with Crippen molar-refractivity contribution in [1.29, 1.82) is 0 Å². The van der Waals surface area contributed by atoms with Crippen molar-refractivity contribution >= 4 is 106 Å². The minimum absolute atomic E-state index is 0. The number of benzene rings is 5. The molecule has 1 aliphatic rings. The SMILES string of the molecule is C.CCC(CN)NS(=O)(=O)c1ccc(-c2cccc3[nH]c(N)nc23)c(-c2nn[nH]n2)c1S(N)(=O)=O.CCC(CN)NS(=O)(=O)c1ccc(-c2cccc3[nH]c(N)nc23)c(-c2nn[nH]n2)c1S(N)(=O)=O.C[C@@H](CN)CNS(=O)(=O)c1ccc(-c2ccc(N)nc2)c(C2=NCN=N2)c1S(N)(=O)=O. The molecule has 11 rings (SSSR count). The van der Waals surface area contributed by atoms with Crippen LogP contribution in [0.3, 0.4) is 0 Å². The monoisotopic (exact) mass is 1490 g/mol. The fourth-order valence-corrected chi connectivity index (χ4v) is 18.7. The molecule has 0 spiro atoms. The highest BCUT2D eigenvalue weighted by Crippen LogP contribution is 2.43. The number of aromatic amines is 4. The standard InChI is InChI=1S/2C18H22N10O4S2.C17H22N8O4S2.CH4/c2*1-2-9(8-19)26-34(31,32)13-7-6-10(11-4-3-5-12-15(11)23-18(20)22-12)14(16(13)33(21,29)30)17-24-27-28-25-17;1-10(6-18)7-24-31(28,29)13-4-3-12(11-2-5-14(19)21-8-11)15(16(13)30(20,26)27)17-22-9-23-25-17;/h2*3-7,9,26H,2,8,19H2,1H3,(H3,20,22,23)(H2,21,29,30)(H,24,25,27,28);2-5,8,10,24H,6-7,9,18H2,1H3,(H2,19,21)(H2,20,26,27);1H4/t;;10-;/m..0./s1. The van der Waals surface area contributed by atoms with Crippen LogP contribution in [0.15, 0.2) is 136 Å². The first-order chi connectivity index (χ1) is 46.7. The minimum atomic E-state index is -4.63. The van der Waals surface area contributed by atoms with E-state index < -0.39 is 102 Å². The summed E-state index contributed by atoms with van der Waals surface area (Å²) in [5, 5.41) is 51.2. The molecular formula is C54H70N28O12S6. The number of nitrogens with one attached hydrogen (secondary N) is 7. The molecule has 10 aromatic rings. The van der Waals surface area contributed by atoms with Crippen LogP contribution in [0.2, 0.25) is 0 Å². The normalized spacial score (nSPS) is 13.8. The number of para-hydroxylation sites is 2. The summed E-state index contributed by atoms with van der Waals surface area (Å²) in [6, 6.07) is 19.9. The lowest BCUT2D eigenvalue weighted by Crippen LogP contribution is -2.40. The molecule has 0 saturated heterocycles. The lowest BCUT2D eigenvalue weighted by molar-refractivity contribution is 0.538. The van der Waals surface area contributed by atoms with Crippen LogP contribution in [0.25, 0.3) is 78.2 Å². The second kappa shape index (κ2) is 30.4. The molecule has 0 amide bonds. The molecule has 25 N–H and O–H groups in total. The van der Waals surface area contributed by atoms with Crippen molar-refractivity contribution < 1.29 is 50.5 Å². The number of hydrogen-bond acceptors (Lipinski definition) is 30. The maximum atomic E-state index is 13.2. The number of rotatable bonds is 24. The Kier molecular flexibility index (Phi) is 23.2. The maximum Gasteiger partial charge on any atom is 0.242 e. The molecule has 0 aliphatic carbocycles. The van der Waals surface area contributed by atoms with Crippen LogP contribution in [0.1, 0.15) is 46.6 Å². The molecule has 40 nitrogen and oxygen atoms in total. The Morgan fingerprint density at radius 1 is 0.530 bits per heavy atom. The van der Waals surface area contributed by atoms with Crippen molar-refractivity contribution in [1.82, 2.24) is 80.3 Å². The van der Waals surface area contributed by atoms with E-state index in [0.29, 0.717) is 57.2 Å². The van der Waals surface area contributed by atoms with Crippen molar-refractivity contribution in [2.45, 2.75) is 82.5 Å². The first-order valence-corrected chi connectivity index (χ1v) is 38.1. The highest BCUT2D eigenvalue weighted by Gasteiger charge is 2.37. The Morgan fingerprint density at radius 2 is 0.970 bits per heavy atom. The second-order valence-electron chi connectivity index (χ2n) is 21.7. The molecule has 46 heteroatoms. The number of pyridine rings is 1. The van der Waals surface area contributed by atoms with Gasteiger partial charge in [-0.1, -0.05) is 70.7 Å². The number of nitrogens with zero attached hydrogens (tertiary/aromatic N) is 12. The Bertz CT molecular complexity index is 5200. The van der Waals surface area contributed by atoms with Crippen molar-refractivity contribution in [3.63, 3.8) is 0 Å². The average Bonchev–Trinajstić information content (AvgIpc) is 0.967. The van der Waals surface area contributed by atoms with Gasteiger partial charge in [-0.3, -0.25) is 0 Å². The van der Waals surface area contributed by atoms with Crippen LogP contribution in [0.5, 0.6) is 0 Å². The number of sulfonamides is 6. The van der Waals surface area contributed by atoms with E-state index in [1.54, 1.807) is 63.2 Å². The van der Waals surface area contributed by atoms with Gasteiger partial charge in [0.05, 0.1) is 38.8 Å². The number of anilines is 3. The number of amidine groups is 1. The maximum absolute atomic E-state index is 13.2. The third-order valence-electron chi connectivity index (χ3n) is 14.9. The first kappa shape index (κ1) is 76.1. The number of primary sulfonamides is 3. The van der Waals surface area contributed by atoms with Crippen LogP contribution in [-0.2, 0) is 60.1 Å². The Hall–Kier alpha value is -9.66. The lowest BCUT2D eigenvalue weighted by atomic mass is 9.98. The van der Waals surface area contributed by atoms with Gasteiger partial charge in [0.15, 0.2) is 24.4 Å². The number of fused-ring (bicyclic) bond motifs is 2. The van der Waals surface area contributed by atoms with Gasteiger partial charge in [-0.15, -0.1) is 25.5 Å². The molecule has 0 radical (unpaired) electrons. The number of azo groups is 1. The summed E-state index contributed by atoms with van der Waals surface area (Å²) in [5.74, 6) is -0.0298. The fourth-order valence-electron chi connectivity index (χ4n) is 10.1. The highest BCUT2D eigenvalue weighted by molar-refractivity contribution is 7.93. The van der Waals surface area contributed by atoms with E-state index in [4.69, 9.17) is 49.8 Å². The zero-order valence-electron chi connectivity index (χ0n) is 52.3. The molecule has 0 bridgehead atoms. The van der Waals surface area contributed by atoms with E-state index in [0.717, 1.165) is 18.2 Å². The van der Waals surface area contributed by atoms with Gasteiger partial charge in [0.1, 0.15) is 35.2 Å². The molecule has 0 fully saturated rings. The molecule has 534 valence electrons. The molecule has 100 heavy (non-hydrogen) atoms. The molecule has 2 unspecified atom stereocenters. The summed E-state index contributed by atoms with van der Waals surface area (Å²) in [7, 11) is -26.8. The predicted molar refractivity (Wildman–Crippen MR) is 370 cm³/mol. The summed E-state index contributed by atoms with van der Waals surface area (Å²) >= 11 is 0. The first-order valence-electron chi connectivity index (χ1n) is 29.0. The van der Waals surface area contributed by atoms with Gasteiger partial charge in [0, 0.05) is 54.6 Å². The zero-order chi connectivity index (χ0) is 72.2. The lowest BCUT2D eigenvalue weighted by Gasteiger charge is -2.19. The van der Waals surface area contributed by atoms with Crippen molar-refractivity contribution in [2.24, 2.45) is 53.8 Å². The zero-order valence-corrected chi connectivity index (χ0v) is 57.2. The number of hydrogen-bond donors (Lipinski definition) is 16. The van der Waals surface area contributed by atoms with Crippen LogP contribution < -0.4 is 64.0 Å². The summed E-state index contributed by atoms with van der Waals surface area (Å²) < 4.78 is 163. The van der Waals surface area contributed by atoms with Gasteiger partial charge in [-0.05, 0) is 94.9 Å². The number of nitrogen functional groups attached to an aromatic ring is 3. The average molecular weight is 1500 g/mol. The Labute approximate surface area is 572 Å². The number of imidazole rings is 2. The van der Waals surface area contributed by atoms with E-state index in [1.165, 1.54) is 30.5 Å². The van der Waals surface area contributed by atoms with Gasteiger partial charge in [0.25, 0.3) is 0 Å². The molecule has 5 aromatic carbocycles. The van der Waals surface area contributed by atoms with Crippen LogP contribution in [0.4, 0.5) is 17.7 Å². The second-order valence-corrected chi connectivity index (χ2v) is 31.2. The number of tetrazole rings is 2. The predicted octanol–water partition coefficient (Wildman–Crippen LogP) is -0.0323. The van der Waals surface area contributed by atoms with Crippen LogP contribution in [-0.4, -0.2) is 167 Å². The van der Waals surface area contributed by atoms with Gasteiger partial charge < -0.3 is 44.4 Å². The van der Waals surface area contributed by atoms with E-state index in [-0.39, 0.29) is 109 Å². The van der Waals surface area contributed by atoms with Crippen molar-refractivity contribution in [3.8, 4) is 56.2 Å². The van der Waals surface area contributed by atoms with Gasteiger partial charge >= 0.3 is 0 Å². The van der Waals surface area contributed by atoms with Crippen molar-refractivity contribution in [2.75, 3.05) is 50.0 Å². The van der Waals surface area contributed by atoms with Crippen LogP contribution in [0, 0.1) is 5.92 Å². The third-order valence-corrected chi connectivity index (χ3v) is 22.8. The van der Waals surface area contributed by atoms with E-state index in [2.05, 4.69) is 95.6 Å². The quantitative estimate of drug-likeness (QED) is 0.0378. The van der Waals surface area contributed by atoms with E-state index in [1.807, 2.05) is 0 Å². The Balaban J connectivity index is 0.000000190. The van der Waals surface area contributed by atoms with Gasteiger partial charge in [0.2, 0.25) is 71.8 Å². The van der Waals surface area contributed by atoms with E-state index >= 15 is 0 Å². The molecule has 5 aromatic heterocycles. The number of nitrogens with two attached hydrogens (primary N) is 9. The number of aliphatic imine (C=N–C) groups is 1. The van der Waals surface area contributed by atoms with Gasteiger partial charge in [-0.2, -0.15) is 15.5 Å². The smallest absolute Gasteiger partial charge is 0.242 e. The Morgan fingerprint density at radius 3 is 1.34 bits per heavy atom. The summed E-state index contributed by atoms with van der Waals surface area (Å²) in [5.41, 5.74) is 37.8. The summed E-state index contributed by atoms with van der Waals surface area (Å²) in [4.78, 5) is 18.7. The third kappa shape index (κ3) is 16.5. The number of H-pyrrole nitrogens is 4. The summed E-state index contributed by atoms with van der Waals surface area (Å²) in [6.45, 7) is 5.49. The highest BCUT2D eigenvalue weighted by atomic mass is 32.2. The molecular weight excluding hydrogens is 1430 g/mol. The topological polar surface area (TPSA) is 691 Å². The molecule has 3 atom stereocenters. The van der Waals surface area contributed by atoms with Gasteiger partial charge in [-0.25, -0.2) is 100 Å². The van der Waals surface area contributed by atoms with Crippen molar-refractivity contribution in [3.05, 3.63) is 96.7 Å². The van der Waals surface area contributed by atoms with Crippen LogP contribution >= 0.6 is 0 Å². The fraction of sp³-hybridized carbons (Fsp3) is 0.259. The largest absolute Gasteiger partial charge is 0.384 e. The minimum Gasteiger partial charge on any atom is -0.384 e. The molecule has 6 heterocycles. The molecule has 0 saturated carbocycles. The molecule has 1 aliphatic heterocycles. The number of aromatic nitrogens is 13. The summed E-state index contributed by atoms with van der Waals surface area (Å²) in [6.07, 6.45) is 2.20. The van der Waals surface area contributed by atoms with E-state index in [9.17, 15) is 50.5 Å².